The van der Waals surface area contributed by atoms with E-state index in [0.29, 0.717) is 0 Å². The largest absolute Gasteiger partial charge is 0.283 e. The van der Waals surface area contributed by atoms with E-state index in [2.05, 4.69) is 9.44 Å². The quantitative estimate of drug-likeness (QED) is 0.776. The van der Waals surface area contributed by atoms with Gasteiger partial charge in [0.15, 0.2) is 0 Å². The van der Waals surface area contributed by atoms with Gasteiger partial charge in [-0.05, 0) is 25.2 Å². The van der Waals surface area contributed by atoms with Crippen molar-refractivity contribution in [3.05, 3.63) is 24.3 Å². The molecule has 1 rings (SSSR count). The number of alkyl halides is 1. The normalized spacial score (nSPS) is 12.4. The Hall–Kier alpha value is -0.830. The molecule has 6 nitrogen and oxygen atoms in total. The molecular weight excluding hydrogens is 288 g/mol. The summed E-state index contributed by atoms with van der Waals surface area (Å²) in [4.78, 5) is -0.0326. The smallest absolute Gasteiger partial charge is 0.246 e. The first-order valence-electron chi connectivity index (χ1n) is 4.41. The molecule has 0 saturated heterocycles. The molecule has 1 aromatic carbocycles. The van der Waals surface area contributed by atoms with Gasteiger partial charge in [-0.15, -0.1) is 11.6 Å². The topological polar surface area (TPSA) is 92.3 Å². The van der Waals surface area contributed by atoms with Gasteiger partial charge in [0.1, 0.15) is 5.21 Å². The van der Waals surface area contributed by atoms with Crippen molar-refractivity contribution in [2.24, 2.45) is 0 Å². The van der Waals surface area contributed by atoms with Gasteiger partial charge in [0.25, 0.3) is 0 Å². The average Bonchev–Trinajstić information content (AvgIpc) is 2.29. The van der Waals surface area contributed by atoms with Gasteiger partial charge in [0, 0.05) is 5.69 Å². The highest BCUT2D eigenvalue weighted by Crippen LogP contribution is 2.16. The van der Waals surface area contributed by atoms with Crippen molar-refractivity contribution >= 4 is 37.3 Å². The Morgan fingerprint density at radius 1 is 1.24 bits per heavy atom. The van der Waals surface area contributed by atoms with E-state index in [0.717, 1.165) is 0 Å². The molecule has 0 aromatic heterocycles. The molecule has 0 atom stereocenters. The lowest BCUT2D eigenvalue weighted by Crippen LogP contribution is -2.19. The van der Waals surface area contributed by atoms with Crippen LogP contribution in [0.1, 0.15) is 0 Å². The molecule has 2 N–H and O–H groups in total. The molecule has 0 aliphatic carbocycles. The summed E-state index contributed by atoms with van der Waals surface area (Å²) >= 11 is 5.22. The Balaban J connectivity index is 3.11. The molecule has 0 aliphatic heterocycles. The lowest BCUT2D eigenvalue weighted by Gasteiger charge is -2.07. The molecule has 0 bridgehead atoms. The predicted octanol–water partition coefficient (Wildman–Crippen LogP) is 0.533. The third-order valence-corrected chi connectivity index (χ3v) is 4.94. The summed E-state index contributed by atoms with van der Waals surface area (Å²) in [7, 11) is -5.97. The van der Waals surface area contributed by atoms with Crippen LogP contribution < -0.4 is 9.44 Å². The van der Waals surface area contributed by atoms with Crippen LogP contribution in [0.2, 0.25) is 0 Å². The lowest BCUT2D eigenvalue weighted by atomic mass is 10.3. The molecule has 0 radical (unpaired) electrons. The molecule has 0 fully saturated rings. The lowest BCUT2D eigenvalue weighted by molar-refractivity contribution is 0.588. The summed E-state index contributed by atoms with van der Waals surface area (Å²) in [5.74, 6) is 0. The summed E-state index contributed by atoms with van der Waals surface area (Å²) < 4.78 is 49.6. The van der Waals surface area contributed by atoms with Gasteiger partial charge in [-0.25, -0.2) is 21.6 Å². The number of nitrogens with one attached hydrogen (secondary N) is 2. The van der Waals surface area contributed by atoms with E-state index in [9.17, 15) is 16.8 Å². The van der Waals surface area contributed by atoms with Gasteiger partial charge in [-0.3, -0.25) is 4.72 Å². The van der Waals surface area contributed by atoms with Crippen molar-refractivity contribution in [2.75, 3.05) is 17.0 Å². The minimum Gasteiger partial charge on any atom is -0.283 e. The minimum atomic E-state index is -3.64. The van der Waals surface area contributed by atoms with E-state index in [1.807, 2.05) is 0 Å². The van der Waals surface area contributed by atoms with Gasteiger partial charge in [0.05, 0.1) is 4.90 Å². The fourth-order valence-electron chi connectivity index (χ4n) is 1.05. The van der Waals surface area contributed by atoms with E-state index in [4.69, 9.17) is 11.6 Å². The van der Waals surface area contributed by atoms with Gasteiger partial charge in [-0.1, -0.05) is 6.07 Å². The number of rotatable bonds is 5. The first kappa shape index (κ1) is 14.2. The second-order valence-electron chi connectivity index (χ2n) is 3.06. The maximum Gasteiger partial charge on any atom is 0.246 e. The Kier molecular flexibility index (Phi) is 4.36. The third kappa shape index (κ3) is 3.84. The van der Waals surface area contributed by atoms with E-state index in [-0.39, 0.29) is 10.6 Å². The van der Waals surface area contributed by atoms with Crippen LogP contribution in [0.5, 0.6) is 0 Å². The minimum absolute atomic E-state index is 0.0326. The fourth-order valence-corrected chi connectivity index (χ4v) is 2.53. The SMILES string of the molecule is CNS(=O)(=O)c1cccc(NS(=O)(=O)CCl)c1. The van der Waals surface area contributed by atoms with Crippen LogP contribution in [0, 0.1) is 0 Å². The summed E-state index contributed by atoms with van der Waals surface area (Å²) in [6, 6.07) is 5.41. The average molecular weight is 299 g/mol. The van der Waals surface area contributed by atoms with Crippen LogP contribution in [0.25, 0.3) is 0 Å². The Labute approximate surface area is 105 Å². The zero-order valence-corrected chi connectivity index (χ0v) is 11.2. The van der Waals surface area contributed by atoms with Gasteiger partial charge >= 0.3 is 0 Å². The first-order valence-corrected chi connectivity index (χ1v) is 8.08. The van der Waals surface area contributed by atoms with Gasteiger partial charge in [-0.2, -0.15) is 0 Å². The highest BCUT2D eigenvalue weighted by molar-refractivity contribution is 7.93. The number of hydrogen-bond donors (Lipinski definition) is 2. The highest BCUT2D eigenvalue weighted by atomic mass is 35.5. The van der Waals surface area contributed by atoms with Crippen molar-refractivity contribution in [3.8, 4) is 0 Å². The van der Waals surface area contributed by atoms with Crippen LogP contribution in [0.4, 0.5) is 5.69 Å². The van der Waals surface area contributed by atoms with E-state index in [1.54, 1.807) is 0 Å². The van der Waals surface area contributed by atoms with Crippen LogP contribution in [-0.2, 0) is 20.0 Å². The van der Waals surface area contributed by atoms with Crippen molar-refractivity contribution < 1.29 is 16.8 Å². The zero-order valence-electron chi connectivity index (χ0n) is 8.84. The molecule has 0 aliphatic rings. The molecule has 0 amide bonds. The Morgan fingerprint density at radius 2 is 1.88 bits per heavy atom. The number of benzene rings is 1. The molecule has 9 heteroatoms. The maximum atomic E-state index is 11.5. The Morgan fingerprint density at radius 3 is 2.41 bits per heavy atom. The summed E-state index contributed by atoms with van der Waals surface area (Å²) in [5.41, 5.74) is 0.141. The summed E-state index contributed by atoms with van der Waals surface area (Å²) in [6.45, 7) is 0. The molecule has 0 spiro atoms. The monoisotopic (exact) mass is 298 g/mol. The van der Waals surface area contributed by atoms with Crippen LogP contribution >= 0.6 is 11.6 Å². The number of halogens is 1. The molecule has 17 heavy (non-hydrogen) atoms. The van der Waals surface area contributed by atoms with Crippen LogP contribution in [0.15, 0.2) is 29.2 Å². The summed E-state index contributed by atoms with van der Waals surface area (Å²) in [6.07, 6.45) is 0. The first-order chi connectivity index (χ1) is 7.80. The van der Waals surface area contributed by atoms with Crippen molar-refractivity contribution in [1.82, 2.24) is 4.72 Å². The van der Waals surface area contributed by atoms with Gasteiger partial charge < -0.3 is 0 Å². The van der Waals surface area contributed by atoms with E-state index >= 15 is 0 Å². The zero-order chi connectivity index (χ0) is 13.1. The molecule has 0 unspecified atom stereocenters. The van der Waals surface area contributed by atoms with E-state index in [1.165, 1.54) is 31.3 Å². The third-order valence-electron chi connectivity index (χ3n) is 1.83. The molecular formula is C8H11ClN2O4S2. The summed E-state index contributed by atoms with van der Waals surface area (Å²) in [5, 5.41) is -0.601. The maximum absolute atomic E-state index is 11.5. The molecule has 0 heterocycles. The van der Waals surface area contributed by atoms with E-state index < -0.39 is 25.3 Å². The van der Waals surface area contributed by atoms with Crippen LogP contribution in [-0.4, -0.2) is 29.1 Å². The molecule has 0 saturated carbocycles. The molecule has 96 valence electrons. The van der Waals surface area contributed by atoms with Crippen molar-refractivity contribution in [1.29, 1.82) is 0 Å². The number of hydrogen-bond acceptors (Lipinski definition) is 4. The second-order valence-corrected chi connectivity index (χ2v) is 7.25. The fraction of sp³-hybridized carbons (Fsp3) is 0.250. The highest BCUT2D eigenvalue weighted by Gasteiger charge is 2.13. The number of sulfonamides is 2. The van der Waals surface area contributed by atoms with Crippen LogP contribution in [0.3, 0.4) is 0 Å². The standard InChI is InChI=1S/C8H11ClN2O4S2/c1-10-17(14,15)8-4-2-3-7(5-8)11-16(12,13)6-9/h2-5,10-11H,6H2,1H3. The Bertz CT molecular complexity index is 598. The van der Waals surface area contributed by atoms with Gasteiger partial charge in [0.2, 0.25) is 20.0 Å². The van der Waals surface area contributed by atoms with Crippen molar-refractivity contribution in [2.45, 2.75) is 4.90 Å². The number of anilines is 1. The van der Waals surface area contributed by atoms with Crippen molar-refractivity contribution in [3.63, 3.8) is 0 Å². The second kappa shape index (κ2) is 5.21. The molecule has 1 aromatic rings. The predicted molar refractivity (Wildman–Crippen MR) is 66.0 cm³/mol.